The van der Waals surface area contributed by atoms with Crippen LogP contribution in [0.25, 0.3) is 10.8 Å². The number of hydrogen-bond donors (Lipinski definition) is 3. The minimum atomic E-state index is -0.544. The van der Waals surface area contributed by atoms with E-state index in [2.05, 4.69) is 5.32 Å². The summed E-state index contributed by atoms with van der Waals surface area (Å²) in [5.74, 6) is -0.496. The molecule has 0 fully saturated rings. The van der Waals surface area contributed by atoms with Gasteiger partial charge in [-0.15, -0.1) is 0 Å². The lowest BCUT2D eigenvalue weighted by atomic mass is 9.96. The number of nitrogen functional groups attached to an aromatic ring is 1. The van der Waals surface area contributed by atoms with Gasteiger partial charge >= 0.3 is 0 Å². The van der Waals surface area contributed by atoms with Gasteiger partial charge in [-0.1, -0.05) is 48.5 Å². The number of nitrogens with one attached hydrogen (secondary N) is 2. The molecule has 4 aromatic rings. The number of hydrogen-bond acceptors (Lipinski definition) is 4. The van der Waals surface area contributed by atoms with Crippen LogP contribution in [0, 0.1) is 11.2 Å². The van der Waals surface area contributed by atoms with Gasteiger partial charge < -0.3 is 15.8 Å². The predicted molar refractivity (Wildman–Crippen MR) is 125 cm³/mol. The summed E-state index contributed by atoms with van der Waals surface area (Å²) in [4.78, 5) is 12.6. The maximum Gasteiger partial charge on any atom is 0.255 e. The molecule has 0 saturated carbocycles. The van der Waals surface area contributed by atoms with Crippen molar-refractivity contribution in [3.05, 3.63) is 107 Å². The van der Waals surface area contributed by atoms with Crippen molar-refractivity contribution in [3.63, 3.8) is 0 Å². The Morgan fingerprint density at radius 1 is 0.969 bits per heavy atom. The SMILES string of the molecule is COc1ccccc1C(=O)NCc1cc(C(=N)c2ccc3ccccc3c2)c(N)cc1F. The fourth-order valence-corrected chi connectivity index (χ4v) is 3.59. The quantitative estimate of drug-likeness (QED) is 0.302. The van der Waals surface area contributed by atoms with Crippen LogP contribution in [0.15, 0.2) is 78.9 Å². The molecule has 0 heterocycles. The molecule has 0 radical (unpaired) electrons. The van der Waals surface area contributed by atoms with Gasteiger partial charge in [-0.2, -0.15) is 0 Å². The average Bonchev–Trinajstić information content (AvgIpc) is 2.82. The monoisotopic (exact) mass is 427 g/mol. The number of benzene rings is 4. The van der Waals surface area contributed by atoms with E-state index in [1.54, 1.807) is 24.3 Å². The number of ether oxygens (including phenoxy) is 1. The second kappa shape index (κ2) is 8.89. The summed E-state index contributed by atoms with van der Waals surface area (Å²) in [6.07, 6.45) is 0. The Morgan fingerprint density at radius 2 is 1.69 bits per heavy atom. The van der Waals surface area contributed by atoms with E-state index in [0.29, 0.717) is 22.4 Å². The fourth-order valence-electron chi connectivity index (χ4n) is 3.59. The highest BCUT2D eigenvalue weighted by Crippen LogP contribution is 2.24. The van der Waals surface area contributed by atoms with Crippen molar-refractivity contribution in [1.82, 2.24) is 5.32 Å². The summed E-state index contributed by atoms with van der Waals surface area (Å²) < 4.78 is 19.8. The van der Waals surface area contributed by atoms with E-state index in [1.165, 1.54) is 19.2 Å². The van der Waals surface area contributed by atoms with Crippen LogP contribution < -0.4 is 15.8 Å². The first-order valence-electron chi connectivity index (χ1n) is 10.0. The Balaban J connectivity index is 1.59. The Morgan fingerprint density at radius 3 is 2.47 bits per heavy atom. The largest absolute Gasteiger partial charge is 0.496 e. The predicted octanol–water partition coefficient (Wildman–Crippen LogP) is 4.92. The Bertz CT molecular complexity index is 1330. The third kappa shape index (κ3) is 4.16. The van der Waals surface area contributed by atoms with Crippen molar-refractivity contribution in [1.29, 1.82) is 5.41 Å². The third-order valence-corrected chi connectivity index (χ3v) is 5.32. The number of amides is 1. The molecule has 0 aliphatic rings. The van der Waals surface area contributed by atoms with Crippen LogP contribution in [0.5, 0.6) is 5.75 Å². The van der Waals surface area contributed by atoms with Gasteiger partial charge in [0.25, 0.3) is 5.91 Å². The molecule has 5 nitrogen and oxygen atoms in total. The van der Waals surface area contributed by atoms with Crippen molar-refractivity contribution < 1.29 is 13.9 Å². The molecule has 0 aromatic heterocycles. The number of carbonyl (C=O) groups excluding carboxylic acids is 1. The molecule has 4 N–H and O–H groups in total. The molecule has 4 rings (SSSR count). The van der Waals surface area contributed by atoms with Crippen molar-refractivity contribution >= 4 is 28.1 Å². The zero-order chi connectivity index (χ0) is 22.7. The van der Waals surface area contributed by atoms with E-state index < -0.39 is 5.82 Å². The second-order valence-corrected chi connectivity index (χ2v) is 7.35. The second-order valence-electron chi connectivity index (χ2n) is 7.35. The Hall–Kier alpha value is -4.19. The summed E-state index contributed by atoms with van der Waals surface area (Å²) in [6, 6.07) is 23.1. The zero-order valence-electron chi connectivity index (χ0n) is 17.5. The summed E-state index contributed by atoms with van der Waals surface area (Å²) >= 11 is 0. The Labute approximate surface area is 185 Å². The summed E-state index contributed by atoms with van der Waals surface area (Å²) in [6.45, 7) is -0.0546. The molecule has 0 aliphatic heterocycles. The molecular weight excluding hydrogens is 405 g/mol. The zero-order valence-corrected chi connectivity index (χ0v) is 17.5. The van der Waals surface area contributed by atoms with Crippen LogP contribution in [0.3, 0.4) is 0 Å². The molecule has 1 amide bonds. The normalized spacial score (nSPS) is 10.7. The lowest BCUT2D eigenvalue weighted by Gasteiger charge is -2.13. The first-order chi connectivity index (χ1) is 15.5. The number of para-hydroxylation sites is 1. The molecule has 32 heavy (non-hydrogen) atoms. The van der Waals surface area contributed by atoms with Crippen LogP contribution in [0.4, 0.5) is 10.1 Å². The van der Waals surface area contributed by atoms with Crippen molar-refractivity contribution in [2.24, 2.45) is 0 Å². The van der Waals surface area contributed by atoms with E-state index in [0.717, 1.165) is 10.8 Å². The highest BCUT2D eigenvalue weighted by molar-refractivity contribution is 6.15. The van der Waals surface area contributed by atoms with E-state index in [4.69, 9.17) is 15.9 Å². The minimum Gasteiger partial charge on any atom is -0.496 e. The molecule has 0 spiro atoms. The average molecular weight is 427 g/mol. The van der Waals surface area contributed by atoms with Gasteiger partial charge in [0.2, 0.25) is 0 Å². The molecule has 0 aliphatic carbocycles. The fraction of sp³-hybridized carbons (Fsp3) is 0.0769. The van der Waals surface area contributed by atoms with E-state index in [-0.39, 0.29) is 29.4 Å². The summed E-state index contributed by atoms with van der Waals surface area (Å²) in [7, 11) is 1.48. The Kier molecular flexibility index (Phi) is 5.85. The molecular formula is C26H22FN3O2. The lowest BCUT2D eigenvalue weighted by Crippen LogP contribution is -2.24. The number of fused-ring (bicyclic) bond motifs is 1. The van der Waals surface area contributed by atoms with Gasteiger partial charge in [0.15, 0.2) is 0 Å². The molecule has 160 valence electrons. The molecule has 0 unspecified atom stereocenters. The maximum absolute atomic E-state index is 14.6. The van der Waals surface area contributed by atoms with E-state index in [9.17, 15) is 9.18 Å². The number of methoxy groups -OCH3 is 1. The molecule has 4 aromatic carbocycles. The van der Waals surface area contributed by atoms with Gasteiger partial charge in [-0.3, -0.25) is 10.2 Å². The van der Waals surface area contributed by atoms with Crippen molar-refractivity contribution in [2.75, 3.05) is 12.8 Å². The number of carbonyl (C=O) groups is 1. The summed E-state index contributed by atoms with van der Waals surface area (Å²) in [5.41, 5.74) is 8.07. The first kappa shape index (κ1) is 21.1. The van der Waals surface area contributed by atoms with Crippen LogP contribution >= 0.6 is 0 Å². The van der Waals surface area contributed by atoms with E-state index in [1.807, 2.05) is 42.5 Å². The van der Waals surface area contributed by atoms with Gasteiger partial charge in [-0.25, -0.2) is 4.39 Å². The van der Waals surface area contributed by atoms with Gasteiger partial charge in [0, 0.05) is 28.9 Å². The number of nitrogens with two attached hydrogens (primary N) is 1. The molecule has 6 heteroatoms. The molecule has 0 bridgehead atoms. The number of halogens is 1. The topological polar surface area (TPSA) is 88.2 Å². The van der Waals surface area contributed by atoms with Crippen LogP contribution in [-0.2, 0) is 6.54 Å². The van der Waals surface area contributed by atoms with Crippen LogP contribution in [-0.4, -0.2) is 18.7 Å². The highest BCUT2D eigenvalue weighted by Gasteiger charge is 2.16. The number of rotatable bonds is 6. The first-order valence-corrected chi connectivity index (χ1v) is 10.0. The number of anilines is 1. The summed E-state index contributed by atoms with van der Waals surface area (Å²) in [5, 5.41) is 13.4. The van der Waals surface area contributed by atoms with Crippen LogP contribution in [0.2, 0.25) is 0 Å². The standard InChI is InChI=1S/C26H22FN3O2/c1-32-24-9-5-4-8-20(24)26(31)30-15-19-13-21(23(28)14-22(19)27)25(29)18-11-10-16-6-2-3-7-17(16)12-18/h2-14,29H,15,28H2,1H3,(H,30,31). The third-order valence-electron chi connectivity index (χ3n) is 5.32. The van der Waals surface area contributed by atoms with Gasteiger partial charge in [-0.05, 0) is 41.1 Å². The van der Waals surface area contributed by atoms with Gasteiger partial charge in [0.1, 0.15) is 11.6 Å². The van der Waals surface area contributed by atoms with E-state index >= 15 is 0 Å². The smallest absolute Gasteiger partial charge is 0.255 e. The van der Waals surface area contributed by atoms with Crippen molar-refractivity contribution in [2.45, 2.75) is 6.54 Å². The van der Waals surface area contributed by atoms with Crippen molar-refractivity contribution in [3.8, 4) is 5.75 Å². The van der Waals surface area contributed by atoms with Crippen LogP contribution in [0.1, 0.15) is 27.0 Å². The van der Waals surface area contributed by atoms with Gasteiger partial charge in [0.05, 0.1) is 18.4 Å². The maximum atomic E-state index is 14.6. The highest BCUT2D eigenvalue weighted by atomic mass is 19.1. The molecule has 0 atom stereocenters. The minimum absolute atomic E-state index is 0.0546. The molecule has 0 saturated heterocycles. The lowest BCUT2D eigenvalue weighted by molar-refractivity contribution is 0.0947.